The van der Waals surface area contributed by atoms with Crippen molar-refractivity contribution in [1.29, 1.82) is 0 Å². The number of amides is 3. The summed E-state index contributed by atoms with van der Waals surface area (Å²) in [7, 11) is 0. The lowest BCUT2D eigenvalue weighted by atomic mass is 10.2. The molecule has 0 saturated carbocycles. The minimum Gasteiger partial charge on any atom is -0.308 e. The summed E-state index contributed by atoms with van der Waals surface area (Å²) in [6, 6.07) is 18.5. The Kier molecular flexibility index (Phi) is 6.55. The van der Waals surface area contributed by atoms with Gasteiger partial charge in [0, 0.05) is 21.8 Å². The van der Waals surface area contributed by atoms with Gasteiger partial charge in [0.15, 0.2) is 0 Å². The maximum Gasteiger partial charge on any atom is 0.323 e. The van der Waals surface area contributed by atoms with Crippen LogP contribution in [0.4, 0.5) is 20.6 Å². The summed E-state index contributed by atoms with van der Waals surface area (Å²) in [6.07, 6.45) is 1.45. The highest BCUT2D eigenvalue weighted by molar-refractivity contribution is 6.33. The highest BCUT2D eigenvalue weighted by Gasteiger charge is 2.08. The molecule has 0 spiro atoms. The van der Waals surface area contributed by atoms with Crippen LogP contribution < -0.4 is 16.1 Å². The van der Waals surface area contributed by atoms with E-state index in [2.05, 4.69) is 21.2 Å². The van der Waals surface area contributed by atoms with Crippen LogP contribution >= 0.6 is 11.6 Å². The predicted molar refractivity (Wildman–Crippen MR) is 112 cm³/mol. The molecule has 0 aliphatic carbocycles. The summed E-state index contributed by atoms with van der Waals surface area (Å²) in [5.74, 6) is -0.956. The molecule has 0 aromatic heterocycles. The van der Waals surface area contributed by atoms with Crippen molar-refractivity contribution in [1.82, 2.24) is 5.43 Å². The smallest absolute Gasteiger partial charge is 0.308 e. The Labute approximate surface area is 171 Å². The van der Waals surface area contributed by atoms with Gasteiger partial charge in [-0.05, 0) is 42.5 Å². The zero-order valence-electron chi connectivity index (χ0n) is 15.0. The Morgan fingerprint density at radius 2 is 1.59 bits per heavy atom. The summed E-state index contributed by atoms with van der Waals surface area (Å²) in [6.45, 7) is 0. The number of anilines is 2. The molecule has 0 aliphatic rings. The van der Waals surface area contributed by atoms with Crippen LogP contribution in [0, 0.1) is 5.82 Å². The number of hydrogen-bond donors (Lipinski definition) is 3. The minimum atomic E-state index is -0.600. The zero-order valence-corrected chi connectivity index (χ0v) is 15.8. The van der Waals surface area contributed by atoms with Crippen LogP contribution in [0.3, 0.4) is 0 Å². The van der Waals surface area contributed by atoms with Crippen LogP contribution in [0.25, 0.3) is 0 Å². The quantitative estimate of drug-likeness (QED) is 0.413. The first-order chi connectivity index (χ1) is 14.0. The molecule has 8 heteroatoms. The monoisotopic (exact) mass is 410 g/mol. The number of carbonyl (C=O) groups excluding carboxylic acids is 2. The highest BCUT2D eigenvalue weighted by atomic mass is 35.5. The van der Waals surface area contributed by atoms with Crippen molar-refractivity contribution >= 4 is 41.1 Å². The molecule has 3 aromatic rings. The average molecular weight is 411 g/mol. The van der Waals surface area contributed by atoms with Crippen LogP contribution in [0.1, 0.15) is 15.9 Å². The standard InChI is InChI=1S/C21H16ClFN4O2/c22-17-6-2-1-5-15(17)13-24-27-20(28)14-9-11-16(12-10-14)25-21(29)26-19-8-4-3-7-18(19)23/h1-13H,(H,27,28)(H2,25,26,29)/b24-13+. The van der Waals surface area contributed by atoms with E-state index in [1.165, 1.54) is 36.5 Å². The van der Waals surface area contributed by atoms with E-state index in [1.807, 2.05) is 6.07 Å². The minimum absolute atomic E-state index is 0.0670. The van der Waals surface area contributed by atoms with Crippen LogP contribution in [-0.2, 0) is 0 Å². The maximum absolute atomic E-state index is 13.6. The lowest BCUT2D eigenvalue weighted by Gasteiger charge is -2.08. The number of carbonyl (C=O) groups is 2. The molecule has 3 rings (SSSR count). The van der Waals surface area contributed by atoms with Crippen molar-refractivity contribution in [3.63, 3.8) is 0 Å². The fraction of sp³-hybridized carbons (Fsp3) is 0. The van der Waals surface area contributed by atoms with Crippen molar-refractivity contribution in [3.8, 4) is 0 Å². The second kappa shape index (κ2) is 9.48. The topological polar surface area (TPSA) is 82.6 Å². The van der Waals surface area contributed by atoms with Gasteiger partial charge >= 0.3 is 6.03 Å². The van der Waals surface area contributed by atoms with E-state index >= 15 is 0 Å². The highest BCUT2D eigenvalue weighted by Crippen LogP contribution is 2.15. The molecular weight excluding hydrogens is 395 g/mol. The normalized spacial score (nSPS) is 10.6. The number of rotatable bonds is 5. The number of hydrazone groups is 1. The fourth-order valence-electron chi connectivity index (χ4n) is 2.36. The molecule has 3 amide bonds. The largest absolute Gasteiger partial charge is 0.323 e. The number of urea groups is 1. The number of hydrogen-bond acceptors (Lipinski definition) is 3. The number of benzene rings is 3. The summed E-state index contributed by atoms with van der Waals surface area (Å²) in [5.41, 5.74) is 3.94. The molecule has 3 aromatic carbocycles. The molecule has 6 nitrogen and oxygen atoms in total. The fourth-order valence-corrected chi connectivity index (χ4v) is 2.54. The van der Waals surface area contributed by atoms with Gasteiger partial charge in [0.05, 0.1) is 11.9 Å². The third-order valence-corrected chi connectivity index (χ3v) is 4.15. The van der Waals surface area contributed by atoms with Crippen LogP contribution in [0.15, 0.2) is 77.9 Å². The average Bonchev–Trinajstić information content (AvgIpc) is 2.71. The molecule has 0 atom stereocenters. The van der Waals surface area contributed by atoms with Crippen molar-refractivity contribution in [2.45, 2.75) is 0 Å². The van der Waals surface area contributed by atoms with Gasteiger partial charge in [0.25, 0.3) is 5.91 Å². The molecular formula is C21H16ClFN4O2. The van der Waals surface area contributed by atoms with Crippen molar-refractivity contribution in [2.24, 2.45) is 5.10 Å². The Balaban J connectivity index is 1.55. The van der Waals surface area contributed by atoms with Crippen LogP contribution in [-0.4, -0.2) is 18.2 Å². The summed E-state index contributed by atoms with van der Waals surface area (Å²) < 4.78 is 13.6. The summed E-state index contributed by atoms with van der Waals surface area (Å²) in [5, 5.41) is 9.37. The molecule has 0 saturated heterocycles. The molecule has 3 N–H and O–H groups in total. The van der Waals surface area contributed by atoms with Crippen LogP contribution in [0.2, 0.25) is 5.02 Å². The lowest BCUT2D eigenvalue weighted by molar-refractivity contribution is 0.0955. The Hall–Kier alpha value is -3.71. The van der Waals surface area contributed by atoms with E-state index in [9.17, 15) is 14.0 Å². The number of halogens is 2. The Bertz CT molecular complexity index is 1050. The van der Waals surface area contributed by atoms with Crippen molar-refractivity contribution in [3.05, 3.63) is 94.8 Å². The van der Waals surface area contributed by atoms with Gasteiger partial charge in [-0.25, -0.2) is 14.6 Å². The van der Waals surface area contributed by atoms with Crippen molar-refractivity contribution < 1.29 is 14.0 Å². The van der Waals surface area contributed by atoms with Gasteiger partial charge in [-0.15, -0.1) is 0 Å². The molecule has 0 bridgehead atoms. The molecule has 146 valence electrons. The van der Waals surface area contributed by atoms with E-state index in [1.54, 1.807) is 36.4 Å². The second-order valence-corrected chi connectivity index (χ2v) is 6.26. The maximum atomic E-state index is 13.6. The van der Waals surface area contributed by atoms with Gasteiger partial charge in [0.2, 0.25) is 0 Å². The first kappa shape index (κ1) is 20.0. The van der Waals surface area contributed by atoms with Gasteiger partial charge in [-0.1, -0.05) is 41.9 Å². The molecule has 0 unspecified atom stereocenters. The lowest BCUT2D eigenvalue weighted by Crippen LogP contribution is -2.20. The Morgan fingerprint density at radius 3 is 2.31 bits per heavy atom. The van der Waals surface area contributed by atoms with E-state index < -0.39 is 17.8 Å². The second-order valence-electron chi connectivity index (χ2n) is 5.86. The third-order valence-electron chi connectivity index (χ3n) is 3.80. The number of nitrogens with one attached hydrogen (secondary N) is 3. The van der Waals surface area contributed by atoms with E-state index in [4.69, 9.17) is 11.6 Å². The predicted octanol–water partition coefficient (Wildman–Crippen LogP) is 4.89. The summed E-state index contributed by atoms with van der Waals surface area (Å²) >= 11 is 6.01. The van der Waals surface area contributed by atoms with E-state index in [0.717, 1.165) is 0 Å². The zero-order chi connectivity index (χ0) is 20.6. The van der Waals surface area contributed by atoms with Gasteiger partial charge in [-0.3, -0.25) is 4.79 Å². The van der Waals surface area contributed by atoms with Crippen molar-refractivity contribution in [2.75, 3.05) is 10.6 Å². The third kappa shape index (κ3) is 5.63. The van der Waals surface area contributed by atoms with E-state index in [0.29, 0.717) is 21.8 Å². The SMILES string of the molecule is O=C(Nc1ccc(C(=O)N/N=C/c2ccccc2Cl)cc1)Nc1ccccc1F. The molecule has 0 fully saturated rings. The number of nitrogens with zero attached hydrogens (tertiary/aromatic N) is 1. The van der Waals surface area contributed by atoms with Crippen LogP contribution in [0.5, 0.6) is 0 Å². The molecule has 0 aliphatic heterocycles. The first-order valence-corrected chi connectivity index (χ1v) is 8.91. The van der Waals surface area contributed by atoms with Gasteiger partial charge in [-0.2, -0.15) is 5.10 Å². The molecule has 0 radical (unpaired) electrons. The first-order valence-electron chi connectivity index (χ1n) is 8.53. The summed E-state index contributed by atoms with van der Waals surface area (Å²) in [4.78, 5) is 24.1. The van der Waals surface area contributed by atoms with E-state index in [-0.39, 0.29) is 5.69 Å². The Morgan fingerprint density at radius 1 is 0.897 bits per heavy atom. The van der Waals surface area contributed by atoms with Gasteiger partial charge in [0.1, 0.15) is 5.82 Å². The molecule has 29 heavy (non-hydrogen) atoms. The number of para-hydroxylation sites is 1. The van der Waals surface area contributed by atoms with Gasteiger partial charge < -0.3 is 10.6 Å². The molecule has 0 heterocycles.